The molecule has 2 saturated heterocycles. The first-order valence-electron chi connectivity index (χ1n) is 9.39. The summed E-state index contributed by atoms with van der Waals surface area (Å²) in [6.45, 7) is 5.24. The maximum Gasteiger partial charge on any atom is 0.190 e. The number of fused-ring (bicyclic) bond motifs is 1. The third-order valence-electron chi connectivity index (χ3n) is 4.77. The van der Waals surface area contributed by atoms with Gasteiger partial charge in [-0.1, -0.05) is 60.7 Å². The summed E-state index contributed by atoms with van der Waals surface area (Å²) in [7, 11) is 0. The molecule has 0 radical (unpaired) electrons. The van der Waals surface area contributed by atoms with Gasteiger partial charge in [0.15, 0.2) is 12.1 Å². The molecule has 5 heteroatoms. The molecule has 2 unspecified atom stereocenters. The molecule has 2 aromatic carbocycles. The average Bonchev–Trinajstić information content (AvgIpc) is 3.13. The van der Waals surface area contributed by atoms with E-state index in [0.29, 0.717) is 19.8 Å². The van der Waals surface area contributed by atoms with Gasteiger partial charge in [0.1, 0.15) is 18.3 Å². The first-order valence-corrected chi connectivity index (χ1v) is 9.39. The minimum atomic E-state index is -0.667. The van der Waals surface area contributed by atoms with Crippen LogP contribution in [0.15, 0.2) is 60.7 Å². The second kappa shape index (κ2) is 8.09. The molecule has 0 amide bonds. The normalized spacial score (nSPS) is 29.0. The van der Waals surface area contributed by atoms with Crippen LogP contribution in [-0.2, 0) is 36.9 Å². The zero-order chi connectivity index (χ0) is 18.7. The van der Waals surface area contributed by atoms with Crippen LogP contribution in [0.1, 0.15) is 25.0 Å². The monoisotopic (exact) mass is 370 g/mol. The molecule has 2 fully saturated rings. The molecule has 2 aromatic rings. The Hall–Kier alpha value is -1.76. The minimum absolute atomic E-state index is 0.233. The Balaban J connectivity index is 1.38. The molecule has 0 aliphatic carbocycles. The Labute approximate surface area is 160 Å². The van der Waals surface area contributed by atoms with Gasteiger partial charge in [-0.25, -0.2) is 0 Å². The lowest BCUT2D eigenvalue weighted by molar-refractivity contribution is -0.225. The first-order chi connectivity index (χ1) is 13.1. The summed E-state index contributed by atoms with van der Waals surface area (Å²) in [5.74, 6) is -0.667. The smallest absolute Gasteiger partial charge is 0.190 e. The van der Waals surface area contributed by atoms with E-state index < -0.39 is 12.1 Å². The lowest BCUT2D eigenvalue weighted by Crippen LogP contribution is -2.38. The molecule has 2 aliphatic heterocycles. The number of benzene rings is 2. The maximum absolute atomic E-state index is 6.20. The largest absolute Gasteiger partial charge is 0.374 e. The van der Waals surface area contributed by atoms with Gasteiger partial charge < -0.3 is 23.7 Å². The van der Waals surface area contributed by atoms with Gasteiger partial charge in [0, 0.05) is 0 Å². The lowest BCUT2D eigenvalue weighted by Gasteiger charge is -2.26. The highest BCUT2D eigenvalue weighted by molar-refractivity contribution is 5.14. The van der Waals surface area contributed by atoms with Crippen molar-refractivity contribution in [3.63, 3.8) is 0 Å². The average molecular weight is 370 g/mol. The summed E-state index contributed by atoms with van der Waals surface area (Å²) in [5, 5.41) is 0. The molecule has 4 rings (SSSR count). The van der Waals surface area contributed by atoms with Gasteiger partial charge in [0.25, 0.3) is 0 Å². The zero-order valence-corrected chi connectivity index (χ0v) is 15.7. The lowest BCUT2D eigenvalue weighted by atomic mass is 10.1. The van der Waals surface area contributed by atoms with E-state index in [2.05, 4.69) is 0 Å². The van der Waals surface area contributed by atoms with Crippen molar-refractivity contribution in [1.82, 2.24) is 0 Å². The van der Waals surface area contributed by atoms with Crippen LogP contribution < -0.4 is 0 Å². The standard InChI is InChI=1S/C22H26O5/c1-22(2)26-20-19(24-14-17-11-7-4-8-12-17)18(25-21(20)27-22)15-23-13-16-9-5-3-6-10-16/h3-12,18-21H,13-15H2,1-2H3/t18-,19-,20?,21?/m1/s1. The van der Waals surface area contributed by atoms with E-state index in [1.54, 1.807) is 0 Å². The van der Waals surface area contributed by atoms with Crippen LogP contribution in [0.5, 0.6) is 0 Å². The fourth-order valence-corrected chi connectivity index (χ4v) is 3.52. The molecule has 27 heavy (non-hydrogen) atoms. The molecule has 0 N–H and O–H groups in total. The Kier molecular flexibility index (Phi) is 5.57. The highest BCUT2D eigenvalue weighted by Gasteiger charge is 2.55. The van der Waals surface area contributed by atoms with Crippen molar-refractivity contribution in [2.45, 2.75) is 57.5 Å². The molecule has 2 heterocycles. The van der Waals surface area contributed by atoms with Gasteiger partial charge in [-0.15, -0.1) is 0 Å². The van der Waals surface area contributed by atoms with Gasteiger partial charge in [0.2, 0.25) is 0 Å². The Morgan fingerprint density at radius 2 is 1.48 bits per heavy atom. The van der Waals surface area contributed by atoms with E-state index in [-0.39, 0.29) is 18.3 Å². The van der Waals surface area contributed by atoms with Crippen LogP contribution in [0.4, 0.5) is 0 Å². The number of ether oxygens (including phenoxy) is 5. The van der Waals surface area contributed by atoms with E-state index in [9.17, 15) is 0 Å². The highest BCUT2D eigenvalue weighted by Crippen LogP contribution is 2.39. The zero-order valence-electron chi connectivity index (χ0n) is 15.7. The van der Waals surface area contributed by atoms with E-state index in [0.717, 1.165) is 11.1 Å². The molecule has 144 valence electrons. The van der Waals surface area contributed by atoms with E-state index in [1.165, 1.54) is 0 Å². The van der Waals surface area contributed by atoms with Crippen LogP contribution in [-0.4, -0.2) is 37.0 Å². The summed E-state index contributed by atoms with van der Waals surface area (Å²) in [4.78, 5) is 0. The van der Waals surface area contributed by atoms with Gasteiger partial charge in [-0.05, 0) is 25.0 Å². The predicted molar refractivity (Wildman–Crippen MR) is 99.8 cm³/mol. The van der Waals surface area contributed by atoms with Crippen molar-refractivity contribution in [3.8, 4) is 0 Å². The second-order valence-corrected chi connectivity index (χ2v) is 7.41. The summed E-state index contributed by atoms with van der Waals surface area (Å²) < 4.78 is 30.1. The number of hydrogen-bond donors (Lipinski definition) is 0. The Morgan fingerprint density at radius 1 is 0.852 bits per heavy atom. The SMILES string of the molecule is CC1(C)OC2O[C@H](COCc3ccccc3)[C@@H](OCc3ccccc3)C2O1. The predicted octanol–water partition coefficient (Wildman–Crippen LogP) is 3.67. The van der Waals surface area contributed by atoms with Crippen molar-refractivity contribution in [2.75, 3.05) is 6.61 Å². The summed E-state index contributed by atoms with van der Waals surface area (Å²) >= 11 is 0. The molecular formula is C22H26O5. The Morgan fingerprint density at radius 3 is 2.15 bits per heavy atom. The van der Waals surface area contributed by atoms with Crippen LogP contribution in [0.2, 0.25) is 0 Å². The van der Waals surface area contributed by atoms with Crippen LogP contribution in [0.25, 0.3) is 0 Å². The van der Waals surface area contributed by atoms with Crippen molar-refractivity contribution in [1.29, 1.82) is 0 Å². The molecule has 2 aliphatic rings. The summed E-state index contributed by atoms with van der Waals surface area (Å²) in [6, 6.07) is 20.2. The van der Waals surface area contributed by atoms with Gasteiger partial charge in [0.05, 0.1) is 19.8 Å². The summed E-state index contributed by atoms with van der Waals surface area (Å²) in [6.07, 6.45) is -1.16. The minimum Gasteiger partial charge on any atom is -0.374 e. The molecule has 0 spiro atoms. The van der Waals surface area contributed by atoms with E-state index in [4.69, 9.17) is 23.7 Å². The third-order valence-corrected chi connectivity index (χ3v) is 4.77. The molecular weight excluding hydrogens is 344 g/mol. The van der Waals surface area contributed by atoms with Crippen molar-refractivity contribution in [2.24, 2.45) is 0 Å². The van der Waals surface area contributed by atoms with Gasteiger partial charge in [-0.3, -0.25) is 0 Å². The second-order valence-electron chi connectivity index (χ2n) is 7.41. The Bertz CT molecular complexity index is 718. The maximum atomic E-state index is 6.20. The number of hydrogen-bond acceptors (Lipinski definition) is 5. The van der Waals surface area contributed by atoms with Crippen LogP contribution >= 0.6 is 0 Å². The molecule has 0 bridgehead atoms. The van der Waals surface area contributed by atoms with Crippen LogP contribution in [0, 0.1) is 0 Å². The molecule has 0 saturated carbocycles. The highest BCUT2D eigenvalue weighted by atomic mass is 16.8. The topological polar surface area (TPSA) is 46.2 Å². The molecule has 4 atom stereocenters. The summed E-state index contributed by atoms with van der Waals surface area (Å²) in [5.41, 5.74) is 2.24. The fraction of sp³-hybridized carbons (Fsp3) is 0.455. The van der Waals surface area contributed by atoms with E-state index >= 15 is 0 Å². The van der Waals surface area contributed by atoms with Crippen molar-refractivity contribution >= 4 is 0 Å². The third kappa shape index (κ3) is 4.57. The van der Waals surface area contributed by atoms with Gasteiger partial charge in [-0.2, -0.15) is 0 Å². The van der Waals surface area contributed by atoms with Crippen molar-refractivity contribution in [3.05, 3.63) is 71.8 Å². The molecule has 5 nitrogen and oxygen atoms in total. The van der Waals surface area contributed by atoms with Crippen LogP contribution in [0.3, 0.4) is 0 Å². The quantitative estimate of drug-likeness (QED) is 0.744. The number of rotatable bonds is 7. The first kappa shape index (κ1) is 18.6. The van der Waals surface area contributed by atoms with E-state index in [1.807, 2.05) is 74.5 Å². The molecule has 0 aromatic heterocycles. The van der Waals surface area contributed by atoms with Crippen molar-refractivity contribution < 1.29 is 23.7 Å². The fourth-order valence-electron chi connectivity index (χ4n) is 3.52. The van der Waals surface area contributed by atoms with Gasteiger partial charge >= 0.3 is 0 Å².